The SMILES string of the molecule is Brc1ccccc1C12CC(C1)N2. The largest absolute Gasteiger partial charge is 0.304 e. The molecule has 1 aliphatic carbocycles. The average molecular weight is 224 g/mol. The van der Waals surface area contributed by atoms with E-state index >= 15 is 0 Å². The van der Waals surface area contributed by atoms with E-state index in [0.717, 1.165) is 6.04 Å². The van der Waals surface area contributed by atoms with Crippen molar-refractivity contribution in [1.82, 2.24) is 5.32 Å². The summed E-state index contributed by atoms with van der Waals surface area (Å²) < 4.78 is 1.25. The van der Waals surface area contributed by atoms with Gasteiger partial charge >= 0.3 is 0 Å². The first-order chi connectivity index (χ1) is 5.80. The molecule has 0 spiro atoms. The lowest BCUT2D eigenvalue weighted by Gasteiger charge is -2.63. The lowest BCUT2D eigenvalue weighted by molar-refractivity contribution is -0.0225. The predicted octanol–water partition coefficient (Wildman–Crippen LogP) is 2.41. The molecule has 1 saturated carbocycles. The van der Waals surface area contributed by atoms with Gasteiger partial charge in [0.05, 0.1) is 0 Å². The zero-order chi connectivity index (χ0) is 8.18. The minimum Gasteiger partial charge on any atom is -0.304 e. The molecule has 0 aromatic heterocycles. The highest BCUT2D eigenvalue weighted by Crippen LogP contribution is 2.53. The highest BCUT2D eigenvalue weighted by Gasteiger charge is 2.57. The quantitative estimate of drug-likeness (QED) is 0.772. The van der Waals surface area contributed by atoms with Crippen LogP contribution in [0.1, 0.15) is 18.4 Å². The Bertz CT molecular complexity index is 317. The molecule has 2 bridgehead atoms. The van der Waals surface area contributed by atoms with E-state index in [0.29, 0.717) is 5.54 Å². The van der Waals surface area contributed by atoms with E-state index < -0.39 is 0 Å². The van der Waals surface area contributed by atoms with E-state index in [1.165, 1.54) is 22.9 Å². The Balaban J connectivity index is 2.06. The Hall–Kier alpha value is -0.340. The van der Waals surface area contributed by atoms with Crippen LogP contribution in [0.5, 0.6) is 0 Å². The lowest BCUT2D eigenvalue weighted by atomic mass is 9.59. The molecule has 1 aromatic rings. The van der Waals surface area contributed by atoms with E-state index in [2.05, 4.69) is 45.5 Å². The Labute approximate surface area is 80.3 Å². The van der Waals surface area contributed by atoms with Crippen LogP contribution in [0.3, 0.4) is 0 Å². The van der Waals surface area contributed by atoms with Crippen LogP contribution in [0, 0.1) is 0 Å². The van der Waals surface area contributed by atoms with Crippen molar-refractivity contribution in [3.8, 4) is 0 Å². The van der Waals surface area contributed by atoms with E-state index in [1.54, 1.807) is 0 Å². The topological polar surface area (TPSA) is 12.0 Å². The molecule has 3 fully saturated rings. The first kappa shape index (κ1) is 7.10. The normalized spacial score (nSPS) is 36.9. The predicted molar refractivity (Wildman–Crippen MR) is 52.0 cm³/mol. The standard InChI is InChI=1S/C10H10BrN/c11-9-4-2-1-3-8(9)10-5-7(6-10)12-10/h1-4,7,12H,5-6H2. The molecule has 0 atom stereocenters. The molecule has 2 heteroatoms. The summed E-state index contributed by atoms with van der Waals surface area (Å²) >= 11 is 3.59. The fraction of sp³-hybridized carbons (Fsp3) is 0.400. The van der Waals surface area contributed by atoms with Crippen molar-refractivity contribution in [3.05, 3.63) is 34.3 Å². The van der Waals surface area contributed by atoms with Crippen LogP contribution in [-0.4, -0.2) is 6.04 Å². The lowest BCUT2D eigenvalue weighted by Crippen LogP contribution is -2.74. The van der Waals surface area contributed by atoms with Crippen LogP contribution in [-0.2, 0) is 5.54 Å². The Morgan fingerprint density at radius 1 is 1.33 bits per heavy atom. The zero-order valence-corrected chi connectivity index (χ0v) is 8.26. The zero-order valence-electron chi connectivity index (χ0n) is 6.68. The van der Waals surface area contributed by atoms with Gasteiger partial charge in [0, 0.05) is 16.1 Å². The maximum absolute atomic E-state index is 3.59. The van der Waals surface area contributed by atoms with Gasteiger partial charge in [0.1, 0.15) is 0 Å². The van der Waals surface area contributed by atoms with E-state index in [-0.39, 0.29) is 0 Å². The second-order valence-corrected chi connectivity index (χ2v) is 4.67. The molecule has 0 unspecified atom stereocenters. The summed E-state index contributed by atoms with van der Waals surface area (Å²) in [7, 11) is 0. The third-order valence-electron chi connectivity index (χ3n) is 3.06. The van der Waals surface area contributed by atoms with Gasteiger partial charge in [-0.2, -0.15) is 0 Å². The van der Waals surface area contributed by atoms with Gasteiger partial charge < -0.3 is 5.32 Å². The summed E-state index contributed by atoms with van der Waals surface area (Å²) in [6, 6.07) is 9.34. The summed E-state index contributed by atoms with van der Waals surface area (Å²) in [4.78, 5) is 0. The highest BCUT2D eigenvalue weighted by molar-refractivity contribution is 9.10. The van der Waals surface area contributed by atoms with Crippen molar-refractivity contribution >= 4 is 15.9 Å². The Kier molecular flexibility index (Phi) is 1.25. The molecule has 2 saturated heterocycles. The third-order valence-corrected chi connectivity index (χ3v) is 3.75. The Morgan fingerprint density at radius 2 is 2.00 bits per heavy atom. The monoisotopic (exact) mass is 223 g/mol. The van der Waals surface area contributed by atoms with Gasteiger partial charge in [0.25, 0.3) is 0 Å². The second kappa shape index (κ2) is 2.12. The first-order valence-electron chi connectivity index (χ1n) is 4.33. The molecule has 4 rings (SSSR count). The van der Waals surface area contributed by atoms with Gasteiger partial charge in [-0.05, 0) is 24.5 Å². The molecule has 1 aromatic carbocycles. The van der Waals surface area contributed by atoms with E-state index in [1.807, 2.05) is 0 Å². The van der Waals surface area contributed by atoms with Crippen LogP contribution in [0.15, 0.2) is 28.7 Å². The molecule has 0 amide bonds. The van der Waals surface area contributed by atoms with Gasteiger partial charge in [-0.3, -0.25) is 0 Å². The van der Waals surface area contributed by atoms with Gasteiger partial charge in [0.15, 0.2) is 0 Å². The molecule has 12 heavy (non-hydrogen) atoms. The van der Waals surface area contributed by atoms with Crippen molar-refractivity contribution in [2.75, 3.05) is 0 Å². The van der Waals surface area contributed by atoms with Gasteiger partial charge in [-0.1, -0.05) is 34.1 Å². The second-order valence-electron chi connectivity index (χ2n) is 3.81. The van der Waals surface area contributed by atoms with E-state index in [4.69, 9.17) is 0 Å². The third kappa shape index (κ3) is 0.723. The number of halogens is 1. The maximum atomic E-state index is 3.59. The van der Waals surface area contributed by atoms with Crippen LogP contribution in [0.25, 0.3) is 0 Å². The molecule has 2 aliphatic heterocycles. The molecule has 0 radical (unpaired) electrons. The van der Waals surface area contributed by atoms with Crippen molar-refractivity contribution in [3.63, 3.8) is 0 Å². The molecular formula is C10H10BrN. The fourth-order valence-corrected chi connectivity index (χ4v) is 2.94. The van der Waals surface area contributed by atoms with E-state index in [9.17, 15) is 0 Å². The summed E-state index contributed by atoms with van der Waals surface area (Å²) in [5.74, 6) is 0. The maximum Gasteiger partial charge on any atom is 0.0477 e. The molecule has 1 nitrogen and oxygen atoms in total. The van der Waals surface area contributed by atoms with Gasteiger partial charge in [0.2, 0.25) is 0 Å². The molecule has 62 valence electrons. The molecule has 2 heterocycles. The van der Waals surface area contributed by atoms with Gasteiger partial charge in [-0.15, -0.1) is 0 Å². The summed E-state index contributed by atoms with van der Waals surface area (Å²) in [5, 5.41) is 3.55. The van der Waals surface area contributed by atoms with Crippen LogP contribution in [0.4, 0.5) is 0 Å². The minimum atomic E-state index is 0.352. The highest BCUT2D eigenvalue weighted by atomic mass is 79.9. The van der Waals surface area contributed by atoms with Gasteiger partial charge in [-0.25, -0.2) is 0 Å². The first-order valence-corrected chi connectivity index (χ1v) is 5.12. The van der Waals surface area contributed by atoms with Crippen molar-refractivity contribution in [2.45, 2.75) is 24.4 Å². The number of hydrogen-bond acceptors (Lipinski definition) is 1. The summed E-state index contributed by atoms with van der Waals surface area (Å²) in [6.45, 7) is 0. The summed E-state index contributed by atoms with van der Waals surface area (Å²) in [5.41, 5.74) is 1.79. The fourth-order valence-electron chi connectivity index (χ4n) is 2.28. The number of rotatable bonds is 1. The van der Waals surface area contributed by atoms with Crippen LogP contribution in [0.2, 0.25) is 0 Å². The average Bonchev–Trinajstić information content (AvgIpc) is 1.87. The molecular weight excluding hydrogens is 214 g/mol. The number of benzene rings is 1. The smallest absolute Gasteiger partial charge is 0.0477 e. The van der Waals surface area contributed by atoms with Crippen molar-refractivity contribution in [2.24, 2.45) is 0 Å². The molecule has 1 N–H and O–H groups in total. The van der Waals surface area contributed by atoms with Crippen LogP contribution < -0.4 is 5.32 Å². The minimum absolute atomic E-state index is 0.352. The Morgan fingerprint density at radius 3 is 2.50 bits per heavy atom. The van der Waals surface area contributed by atoms with Crippen molar-refractivity contribution < 1.29 is 0 Å². The number of nitrogens with one attached hydrogen (secondary N) is 1. The van der Waals surface area contributed by atoms with Crippen LogP contribution >= 0.6 is 15.9 Å². The number of hydrogen-bond donors (Lipinski definition) is 1. The summed E-state index contributed by atoms with van der Waals surface area (Å²) in [6.07, 6.45) is 2.66. The molecule has 3 aliphatic rings. The van der Waals surface area contributed by atoms with Crippen molar-refractivity contribution in [1.29, 1.82) is 0 Å².